The summed E-state index contributed by atoms with van der Waals surface area (Å²) in [4.78, 5) is 17.1. The summed E-state index contributed by atoms with van der Waals surface area (Å²) < 4.78 is 18.6. The van der Waals surface area contributed by atoms with E-state index in [0.29, 0.717) is 16.5 Å². The molecule has 0 atom stereocenters. The Labute approximate surface area is 99.9 Å². The van der Waals surface area contributed by atoms with Gasteiger partial charge in [-0.2, -0.15) is 0 Å². The zero-order valence-electron chi connectivity index (χ0n) is 8.98. The Balaban J connectivity index is 2.19. The third-order valence-electron chi connectivity index (χ3n) is 2.62. The number of carboxylic acids is 1. The summed E-state index contributed by atoms with van der Waals surface area (Å²) in [5, 5.41) is 9.34. The maximum Gasteiger partial charge on any atom is 0.392 e. The van der Waals surface area contributed by atoms with Crippen LogP contribution < -0.4 is 0 Å². The van der Waals surface area contributed by atoms with Crippen molar-refractivity contribution in [1.29, 1.82) is 0 Å². The lowest BCUT2D eigenvalue weighted by atomic mass is 10.1. The first-order valence-electron chi connectivity index (χ1n) is 5.12. The Morgan fingerprint density at radius 1 is 1.44 bits per heavy atom. The molecule has 5 nitrogen and oxygen atoms in total. The summed E-state index contributed by atoms with van der Waals surface area (Å²) >= 11 is 0. The molecule has 0 aliphatic rings. The molecule has 3 rings (SSSR count). The minimum absolute atomic E-state index is 0.282. The van der Waals surface area contributed by atoms with E-state index in [1.165, 1.54) is 12.3 Å². The number of fused-ring (bicyclic) bond motifs is 1. The SMILES string of the molecule is O=C(O)c1ncc(-c2c[nH]c3c(F)cccc23)o1. The summed E-state index contributed by atoms with van der Waals surface area (Å²) in [5.41, 5.74) is 0.922. The second kappa shape index (κ2) is 3.69. The fraction of sp³-hybridized carbons (Fsp3) is 0. The zero-order valence-corrected chi connectivity index (χ0v) is 8.98. The molecule has 3 aromatic rings. The molecular weight excluding hydrogens is 239 g/mol. The number of aromatic carboxylic acids is 1. The average molecular weight is 246 g/mol. The van der Waals surface area contributed by atoms with Gasteiger partial charge in [-0.05, 0) is 6.07 Å². The number of aromatic amines is 1. The lowest BCUT2D eigenvalue weighted by Crippen LogP contribution is -1.94. The fourth-order valence-corrected chi connectivity index (χ4v) is 1.82. The molecule has 2 N–H and O–H groups in total. The molecule has 0 aliphatic carbocycles. The van der Waals surface area contributed by atoms with E-state index in [4.69, 9.17) is 9.52 Å². The lowest BCUT2D eigenvalue weighted by molar-refractivity contribution is 0.0654. The number of carboxylic acid groups (broad SMARTS) is 1. The number of nitrogens with one attached hydrogen (secondary N) is 1. The fourth-order valence-electron chi connectivity index (χ4n) is 1.82. The molecule has 6 heteroatoms. The molecule has 0 fully saturated rings. The van der Waals surface area contributed by atoms with Gasteiger partial charge in [0.1, 0.15) is 5.82 Å². The third kappa shape index (κ3) is 1.46. The molecule has 0 unspecified atom stereocenters. The van der Waals surface area contributed by atoms with E-state index < -0.39 is 11.9 Å². The Morgan fingerprint density at radius 3 is 3.00 bits per heavy atom. The number of hydrogen-bond acceptors (Lipinski definition) is 3. The van der Waals surface area contributed by atoms with Crippen LogP contribution in [0, 0.1) is 5.82 Å². The quantitative estimate of drug-likeness (QED) is 0.728. The predicted octanol–water partition coefficient (Wildman–Crippen LogP) is 2.66. The number of carbonyl (C=O) groups is 1. The summed E-state index contributed by atoms with van der Waals surface area (Å²) in [6, 6.07) is 4.63. The Hall–Kier alpha value is -2.63. The van der Waals surface area contributed by atoms with Crippen molar-refractivity contribution in [2.24, 2.45) is 0 Å². The van der Waals surface area contributed by atoms with Gasteiger partial charge in [0, 0.05) is 17.1 Å². The van der Waals surface area contributed by atoms with Crippen molar-refractivity contribution < 1.29 is 18.7 Å². The smallest absolute Gasteiger partial charge is 0.392 e. The first-order chi connectivity index (χ1) is 8.66. The number of nitrogens with zero attached hydrogens (tertiary/aromatic N) is 1. The standard InChI is InChI=1S/C12H7FN2O3/c13-8-3-1-2-6-7(4-14-10(6)8)9-5-15-11(18-9)12(16)17/h1-5,14H,(H,16,17). The molecule has 0 amide bonds. The topological polar surface area (TPSA) is 79.1 Å². The van der Waals surface area contributed by atoms with Gasteiger partial charge < -0.3 is 14.5 Å². The van der Waals surface area contributed by atoms with Gasteiger partial charge in [-0.3, -0.25) is 0 Å². The molecular formula is C12H7FN2O3. The maximum atomic E-state index is 13.5. The summed E-state index contributed by atoms with van der Waals surface area (Å²) in [6.45, 7) is 0. The van der Waals surface area contributed by atoms with Crippen LogP contribution >= 0.6 is 0 Å². The number of oxazole rings is 1. The highest BCUT2D eigenvalue weighted by Gasteiger charge is 2.16. The summed E-state index contributed by atoms with van der Waals surface area (Å²) in [7, 11) is 0. The van der Waals surface area contributed by atoms with Crippen LogP contribution in [0.1, 0.15) is 10.7 Å². The van der Waals surface area contributed by atoms with Gasteiger partial charge >= 0.3 is 11.9 Å². The number of aromatic nitrogens is 2. The van der Waals surface area contributed by atoms with Gasteiger partial charge in [-0.1, -0.05) is 12.1 Å². The van der Waals surface area contributed by atoms with Crippen molar-refractivity contribution in [3.8, 4) is 11.3 Å². The van der Waals surface area contributed by atoms with Crippen LogP contribution in [0.2, 0.25) is 0 Å². The van der Waals surface area contributed by atoms with Crippen molar-refractivity contribution >= 4 is 16.9 Å². The maximum absolute atomic E-state index is 13.5. The summed E-state index contributed by atoms with van der Waals surface area (Å²) in [6.07, 6.45) is 2.86. The van der Waals surface area contributed by atoms with Gasteiger partial charge in [-0.25, -0.2) is 14.2 Å². The highest BCUT2D eigenvalue weighted by Crippen LogP contribution is 2.30. The van der Waals surface area contributed by atoms with Crippen LogP contribution in [0.25, 0.3) is 22.2 Å². The summed E-state index contributed by atoms with van der Waals surface area (Å²) in [5.74, 6) is -1.73. The van der Waals surface area contributed by atoms with Gasteiger partial charge in [0.25, 0.3) is 0 Å². The third-order valence-corrected chi connectivity index (χ3v) is 2.62. The largest absolute Gasteiger partial charge is 0.474 e. The van der Waals surface area contributed by atoms with Gasteiger partial charge in [0.05, 0.1) is 11.7 Å². The van der Waals surface area contributed by atoms with Gasteiger partial charge in [-0.15, -0.1) is 0 Å². The molecule has 0 spiro atoms. The van der Waals surface area contributed by atoms with E-state index in [1.807, 2.05) is 0 Å². The molecule has 0 saturated heterocycles. The van der Waals surface area contributed by atoms with Crippen LogP contribution in [-0.2, 0) is 0 Å². The van der Waals surface area contributed by atoms with Crippen LogP contribution in [0.15, 0.2) is 35.0 Å². The van der Waals surface area contributed by atoms with Crippen LogP contribution in [-0.4, -0.2) is 21.0 Å². The molecule has 1 aromatic carbocycles. The Kier molecular flexibility index (Phi) is 2.16. The van der Waals surface area contributed by atoms with Crippen molar-refractivity contribution in [3.63, 3.8) is 0 Å². The van der Waals surface area contributed by atoms with Gasteiger partial charge in [0.2, 0.25) is 0 Å². The lowest BCUT2D eigenvalue weighted by Gasteiger charge is -1.94. The highest BCUT2D eigenvalue weighted by molar-refractivity contribution is 5.94. The van der Waals surface area contributed by atoms with E-state index in [9.17, 15) is 9.18 Å². The number of halogens is 1. The van der Waals surface area contributed by atoms with Crippen molar-refractivity contribution in [2.75, 3.05) is 0 Å². The predicted molar refractivity (Wildman–Crippen MR) is 60.7 cm³/mol. The molecule has 18 heavy (non-hydrogen) atoms. The average Bonchev–Trinajstić information content (AvgIpc) is 2.94. The second-order valence-electron chi connectivity index (χ2n) is 3.70. The molecule has 2 aromatic heterocycles. The molecule has 90 valence electrons. The number of H-pyrrole nitrogens is 1. The van der Waals surface area contributed by atoms with Crippen LogP contribution in [0.5, 0.6) is 0 Å². The van der Waals surface area contributed by atoms with Crippen LogP contribution in [0.3, 0.4) is 0 Å². The monoisotopic (exact) mass is 246 g/mol. The highest BCUT2D eigenvalue weighted by atomic mass is 19.1. The van der Waals surface area contributed by atoms with E-state index in [1.54, 1.807) is 18.3 Å². The van der Waals surface area contributed by atoms with Crippen LogP contribution in [0.4, 0.5) is 4.39 Å². The van der Waals surface area contributed by atoms with Gasteiger partial charge in [0.15, 0.2) is 5.76 Å². The molecule has 0 aliphatic heterocycles. The Morgan fingerprint density at radius 2 is 2.28 bits per heavy atom. The first-order valence-corrected chi connectivity index (χ1v) is 5.12. The van der Waals surface area contributed by atoms with Crippen molar-refractivity contribution in [3.05, 3.63) is 42.3 Å². The normalized spacial score (nSPS) is 10.9. The van der Waals surface area contributed by atoms with Crippen molar-refractivity contribution in [2.45, 2.75) is 0 Å². The molecule has 0 bridgehead atoms. The zero-order chi connectivity index (χ0) is 12.7. The van der Waals surface area contributed by atoms with E-state index in [2.05, 4.69) is 9.97 Å². The first kappa shape index (κ1) is 10.5. The minimum atomic E-state index is -1.24. The van der Waals surface area contributed by atoms with E-state index in [-0.39, 0.29) is 11.6 Å². The number of para-hydroxylation sites is 1. The minimum Gasteiger partial charge on any atom is -0.474 e. The number of benzene rings is 1. The van der Waals surface area contributed by atoms with E-state index in [0.717, 1.165) is 0 Å². The molecule has 0 saturated carbocycles. The number of hydrogen-bond donors (Lipinski definition) is 2. The molecule has 2 heterocycles. The second-order valence-corrected chi connectivity index (χ2v) is 3.70. The molecule has 0 radical (unpaired) electrons. The number of rotatable bonds is 2. The van der Waals surface area contributed by atoms with E-state index >= 15 is 0 Å². The Bertz CT molecular complexity index is 745. The van der Waals surface area contributed by atoms with Crippen molar-refractivity contribution in [1.82, 2.24) is 9.97 Å².